The quantitative estimate of drug-likeness (QED) is 0.914. The number of alkyl halides is 2. The Labute approximate surface area is 116 Å². The number of hydrogen-bond acceptors (Lipinski definition) is 3. The van der Waals surface area contributed by atoms with E-state index in [1.165, 1.54) is 24.3 Å². The van der Waals surface area contributed by atoms with Crippen molar-refractivity contribution in [3.05, 3.63) is 35.4 Å². The highest BCUT2D eigenvalue weighted by Gasteiger charge is 2.34. The Hall–Kier alpha value is -1.53. The number of hydrogen-bond donors (Lipinski definition) is 1. The maximum Gasteiger partial charge on any atom is 0.335 e. The molecule has 0 spiro atoms. The minimum absolute atomic E-state index is 0.0177. The van der Waals surface area contributed by atoms with Gasteiger partial charge < -0.3 is 10.0 Å². The van der Waals surface area contributed by atoms with Gasteiger partial charge in [0.2, 0.25) is 0 Å². The van der Waals surface area contributed by atoms with Crippen LogP contribution in [0.5, 0.6) is 0 Å². The Morgan fingerprint density at radius 1 is 1.20 bits per heavy atom. The fraction of sp³-hybridized carbons (Fsp3) is 0.500. The zero-order valence-electron chi connectivity index (χ0n) is 11.4. The van der Waals surface area contributed by atoms with Crippen molar-refractivity contribution in [3.63, 3.8) is 0 Å². The van der Waals surface area contributed by atoms with Gasteiger partial charge in [-0.1, -0.05) is 12.1 Å². The van der Waals surface area contributed by atoms with E-state index in [1.54, 1.807) is 4.90 Å². The predicted molar refractivity (Wildman–Crippen MR) is 71.2 cm³/mol. The predicted octanol–water partition coefficient (Wildman–Crippen LogP) is 1.72. The molecule has 1 aromatic carbocycles. The number of benzene rings is 1. The largest absolute Gasteiger partial charge is 0.478 e. The minimum Gasteiger partial charge on any atom is -0.478 e. The molecule has 1 fully saturated rings. The van der Waals surface area contributed by atoms with Crippen LogP contribution in [0.15, 0.2) is 24.3 Å². The number of nitrogens with zero attached hydrogens (tertiary/aromatic N) is 2. The molecule has 1 aliphatic heterocycles. The molecule has 0 aromatic heterocycles. The molecular formula is C14H18F2N2O2. The third kappa shape index (κ3) is 3.52. The lowest BCUT2D eigenvalue weighted by Gasteiger charge is -2.34. The molecule has 20 heavy (non-hydrogen) atoms. The molecule has 1 heterocycles. The van der Waals surface area contributed by atoms with E-state index in [9.17, 15) is 13.6 Å². The van der Waals surface area contributed by atoms with Crippen molar-refractivity contribution >= 4 is 5.97 Å². The van der Waals surface area contributed by atoms with Crippen molar-refractivity contribution in [2.75, 3.05) is 39.8 Å². The first kappa shape index (κ1) is 14.9. The van der Waals surface area contributed by atoms with Crippen molar-refractivity contribution in [3.8, 4) is 0 Å². The highest BCUT2D eigenvalue weighted by molar-refractivity contribution is 5.87. The lowest BCUT2D eigenvalue weighted by molar-refractivity contribution is -0.0459. The zero-order chi connectivity index (χ0) is 14.8. The van der Waals surface area contributed by atoms with E-state index < -0.39 is 11.9 Å². The van der Waals surface area contributed by atoms with Gasteiger partial charge in [0.15, 0.2) is 0 Å². The molecular weight excluding hydrogens is 266 g/mol. The second-order valence-corrected chi connectivity index (χ2v) is 5.17. The van der Waals surface area contributed by atoms with Gasteiger partial charge in [0.1, 0.15) is 0 Å². The first-order chi connectivity index (χ1) is 9.38. The molecule has 0 radical (unpaired) electrons. The lowest BCUT2D eigenvalue weighted by atomic mass is 10.1. The lowest BCUT2D eigenvalue weighted by Crippen LogP contribution is -2.47. The first-order valence-electron chi connectivity index (χ1n) is 6.51. The Balaban J connectivity index is 2.03. The second kappa shape index (κ2) is 5.85. The van der Waals surface area contributed by atoms with Gasteiger partial charge >= 0.3 is 5.97 Å². The molecule has 1 aliphatic rings. The summed E-state index contributed by atoms with van der Waals surface area (Å²) in [6, 6.07) is 4.82. The van der Waals surface area contributed by atoms with Gasteiger partial charge in [0, 0.05) is 31.7 Å². The summed E-state index contributed by atoms with van der Waals surface area (Å²) in [5.41, 5.74) is -0.120. The smallest absolute Gasteiger partial charge is 0.335 e. The summed E-state index contributed by atoms with van der Waals surface area (Å²) in [6.45, 7) is 2.49. The number of aromatic carboxylic acids is 1. The Morgan fingerprint density at radius 2 is 1.75 bits per heavy atom. The molecule has 0 aliphatic carbocycles. The van der Waals surface area contributed by atoms with Crippen LogP contribution in [0.2, 0.25) is 0 Å². The number of likely N-dealkylation sites (N-methyl/N-ethyl adjacent to an activating group) is 1. The third-order valence-electron chi connectivity index (χ3n) is 3.57. The molecule has 2 rings (SSSR count). The van der Waals surface area contributed by atoms with Crippen LogP contribution in [0.4, 0.5) is 8.78 Å². The van der Waals surface area contributed by atoms with Crippen LogP contribution >= 0.6 is 0 Å². The van der Waals surface area contributed by atoms with Crippen molar-refractivity contribution < 1.29 is 18.7 Å². The van der Waals surface area contributed by atoms with Crippen LogP contribution in [0.3, 0.4) is 0 Å². The molecule has 1 N–H and O–H groups in total. The molecule has 110 valence electrons. The van der Waals surface area contributed by atoms with E-state index in [4.69, 9.17) is 5.11 Å². The molecule has 6 heteroatoms. The number of halogens is 2. The topological polar surface area (TPSA) is 43.8 Å². The molecule has 4 nitrogen and oxygen atoms in total. The van der Waals surface area contributed by atoms with Crippen LogP contribution in [-0.4, -0.2) is 60.6 Å². The van der Waals surface area contributed by atoms with Gasteiger partial charge in [-0.2, -0.15) is 8.78 Å². The van der Waals surface area contributed by atoms with Gasteiger partial charge in [0.05, 0.1) is 12.1 Å². The number of carbonyl (C=O) groups is 1. The number of carboxylic acid groups (broad SMARTS) is 1. The average Bonchev–Trinajstić information content (AvgIpc) is 2.41. The summed E-state index contributed by atoms with van der Waals surface area (Å²) in [4.78, 5) is 14.6. The van der Waals surface area contributed by atoms with E-state index in [1.807, 2.05) is 7.05 Å². The summed E-state index contributed by atoms with van der Waals surface area (Å²) in [7, 11) is 1.97. The van der Waals surface area contributed by atoms with Crippen molar-refractivity contribution in [1.82, 2.24) is 9.80 Å². The standard InChI is InChI=1S/C14H18F2N2O2/c1-17-6-8-18(9-7-17)10-14(15,16)12-4-2-11(3-5-12)13(19)20/h2-5H,6-10H2,1H3,(H,19,20). The Kier molecular flexibility index (Phi) is 4.35. The third-order valence-corrected chi connectivity index (χ3v) is 3.57. The minimum atomic E-state index is -2.97. The highest BCUT2D eigenvalue weighted by Crippen LogP contribution is 2.29. The maximum atomic E-state index is 14.2. The fourth-order valence-corrected chi connectivity index (χ4v) is 2.23. The van der Waals surface area contributed by atoms with Crippen molar-refractivity contribution in [2.45, 2.75) is 5.92 Å². The van der Waals surface area contributed by atoms with Gasteiger partial charge in [-0.25, -0.2) is 4.79 Å². The van der Waals surface area contributed by atoms with Crippen LogP contribution in [-0.2, 0) is 5.92 Å². The van der Waals surface area contributed by atoms with Crippen LogP contribution < -0.4 is 0 Å². The van der Waals surface area contributed by atoms with Gasteiger partial charge in [-0.3, -0.25) is 4.90 Å². The summed E-state index contributed by atoms with van der Waals surface area (Å²) in [5.74, 6) is -4.08. The monoisotopic (exact) mass is 284 g/mol. The Bertz CT molecular complexity index is 469. The summed E-state index contributed by atoms with van der Waals surface area (Å²) >= 11 is 0. The van der Waals surface area contributed by atoms with Gasteiger partial charge in [-0.15, -0.1) is 0 Å². The first-order valence-corrected chi connectivity index (χ1v) is 6.51. The number of rotatable bonds is 4. The average molecular weight is 284 g/mol. The molecule has 0 saturated carbocycles. The van der Waals surface area contributed by atoms with Crippen LogP contribution in [0.1, 0.15) is 15.9 Å². The number of carboxylic acids is 1. The molecule has 0 bridgehead atoms. The Morgan fingerprint density at radius 3 is 2.25 bits per heavy atom. The van der Waals surface area contributed by atoms with Gasteiger partial charge in [-0.05, 0) is 19.2 Å². The zero-order valence-corrected chi connectivity index (χ0v) is 11.4. The maximum absolute atomic E-state index is 14.2. The number of piperazine rings is 1. The molecule has 1 aromatic rings. The highest BCUT2D eigenvalue weighted by atomic mass is 19.3. The summed E-state index contributed by atoms with van der Waals surface area (Å²) < 4.78 is 28.3. The van der Waals surface area contributed by atoms with Crippen LogP contribution in [0, 0.1) is 0 Å². The van der Waals surface area contributed by atoms with Crippen molar-refractivity contribution in [1.29, 1.82) is 0 Å². The summed E-state index contributed by atoms with van der Waals surface area (Å²) in [5, 5.41) is 8.76. The molecule has 0 unspecified atom stereocenters. The van der Waals surface area contributed by atoms with E-state index in [0.29, 0.717) is 13.1 Å². The van der Waals surface area contributed by atoms with E-state index >= 15 is 0 Å². The molecule has 0 amide bonds. The SMILES string of the molecule is CN1CCN(CC(F)(F)c2ccc(C(=O)O)cc2)CC1. The van der Waals surface area contributed by atoms with E-state index in [-0.39, 0.29) is 17.7 Å². The van der Waals surface area contributed by atoms with Gasteiger partial charge in [0.25, 0.3) is 5.92 Å². The van der Waals surface area contributed by atoms with E-state index in [0.717, 1.165) is 13.1 Å². The fourth-order valence-electron chi connectivity index (χ4n) is 2.23. The normalized spacial score (nSPS) is 18.1. The molecule has 1 saturated heterocycles. The second-order valence-electron chi connectivity index (χ2n) is 5.17. The van der Waals surface area contributed by atoms with Crippen molar-refractivity contribution in [2.24, 2.45) is 0 Å². The summed E-state index contributed by atoms with van der Waals surface area (Å²) in [6.07, 6.45) is 0. The van der Waals surface area contributed by atoms with E-state index in [2.05, 4.69) is 4.90 Å². The molecule has 0 atom stereocenters. The van der Waals surface area contributed by atoms with Crippen LogP contribution in [0.25, 0.3) is 0 Å².